The maximum atomic E-state index is 14.1. The highest BCUT2D eigenvalue weighted by atomic mass is 19.3. The van der Waals surface area contributed by atoms with E-state index in [2.05, 4.69) is 0 Å². The lowest BCUT2D eigenvalue weighted by Gasteiger charge is -2.40. The molecule has 1 aliphatic carbocycles. The Morgan fingerprint density at radius 1 is 1.25 bits per heavy atom. The Balaban J connectivity index is 2.40. The molecule has 2 nitrogen and oxygen atoms in total. The summed E-state index contributed by atoms with van der Waals surface area (Å²) in [6.45, 7) is 0. The Bertz CT molecular complexity index is 454. The minimum atomic E-state index is -3.27. The van der Waals surface area contributed by atoms with E-state index in [9.17, 15) is 13.6 Å². The Morgan fingerprint density at radius 3 is 2.25 bits per heavy atom. The molecule has 0 unspecified atom stereocenters. The molecule has 0 aromatic heterocycles. The van der Waals surface area contributed by atoms with Gasteiger partial charge in [0.1, 0.15) is 11.2 Å². The predicted molar refractivity (Wildman–Crippen MR) is 52.6 cm³/mol. The molecule has 1 aromatic rings. The second-order valence-corrected chi connectivity index (χ2v) is 4.03. The van der Waals surface area contributed by atoms with Gasteiger partial charge in [-0.25, -0.2) is 0 Å². The molecule has 1 fully saturated rings. The third-order valence-corrected chi connectivity index (χ3v) is 2.95. The van der Waals surface area contributed by atoms with Crippen molar-refractivity contribution in [2.45, 2.75) is 18.8 Å². The van der Waals surface area contributed by atoms with Crippen molar-refractivity contribution in [3.63, 3.8) is 0 Å². The summed E-state index contributed by atoms with van der Waals surface area (Å²) in [5, 5.41) is 8.87. The Kier molecular flexibility index (Phi) is 2.27. The zero-order valence-electron chi connectivity index (χ0n) is 8.41. The van der Waals surface area contributed by atoms with Gasteiger partial charge in [0.15, 0.2) is 0 Å². The lowest BCUT2D eigenvalue weighted by molar-refractivity contribution is -0.162. The largest absolute Gasteiger partial charge is 0.300 e. The second kappa shape index (κ2) is 3.38. The van der Waals surface area contributed by atoms with Gasteiger partial charge < -0.3 is 0 Å². The lowest BCUT2D eigenvalue weighted by Crippen LogP contribution is -2.48. The molecular weight excluding hydrogens is 212 g/mol. The van der Waals surface area contributed by atoms with Crippen LogP contribution in [0.15, 0.2) is 30.3 Å². The number of ketones is 1. The maximum Gasteiger partial charge on any atom is 0.292 e. The van der Waals surface area contributed by atoms with Crippen molar-refractivity contribution in [2.75, 3.05) is 0 Å². The predicted octanol–water partition coefficient (Wildman–Crippen LogP) is 2.65. The highest BCUT2D eigenvalue weighted by Gasteiger charge is 2.62. The Labute approximate surface area is 91.5 Å². The summed E-state index contributed by atoms with van der Waals surface area (Å²) < 4.78 is 28.1. The van der Waals surface area contributed by atoms with Gasteiger partial charge in [0.05, 0.1) is 6.07 Å². The zero-order valence-corrected chi connectivity index (χ0v) is 8.41. The first-order valence-corrected chi connectivity index (χ1v) is 4.88. The summed E-state index contributed by atoms with van der Waals surface area (Å²) in [4.78, 5) is 10.9. The van der Waals surface area contributed by atoms with Gasteiger partial charge in [0.2, 0.25) is 0 Å². The van der Waals surface area contributed by atoms with Crippen molar-refractivity contribution in [2.24, 2.45) is 5.41 Å². The summed E-state index contributed by atoms with van der Waals surface area (Å²) in [5.74, 6) is -3.55. The molecule has 0 heterocycles. The summed E-state index contributed by atoms with van der Waals surface area (Å²) in [7, 11) is 0. The molecule has 0 bridgehead atoms. The zero-order chi connectivity index (χ0) is 11.8. The van der Waals surface area contributed by atoms with Crippen LogP contribution in [0.2, 0.25) is 0 Å². The first-order chi connectivity index (χ1) is 7.52. The minimum Gasteiger partial charge on any atom is -0.300 e. The van der Waals surface area contributed by atoms with Gasteiger partial charge in [-0.3, -0.25) is 4.79 Å². The van der Waals surface area contributed by atoms with Crippen molar-refractivity contribution in [1.82, 2.24) is 0 Å². The first kappa shape index (κ1) is 10.7. The van der Waals surface area contributed by atoms with Crippen molar-refractivity contribution in [3.05, 3.63) is 35.9 Å². The van der Waals surface area contributed by atoms with Crippen LogP contribution in [0.5, 0.6) is 0 Å². The number of nitriles is 1. The van der Waals surface area contributed by atoms with Crippen molar-refractivity contribution >= 4 is 5.78 Å². The monoisotopic (exact) mass is 221 g/mol. The van der Waals surface area contributed by atoms with Gasteiger partial charge in [-0.15, -0.1) is 0 Å². The molecule has 0 atom stereocenters. The van der Waals surface area contributed by atoms with Crippen LogP contribution in [0.3, 0.4) is 0 Å². The molecule has 0 aliphatic heterocycles. The Hall–Kier alpha value is -1.76. The third-order valence-electron chi connectivity index (χ3n) is 2.95. The van der Waals surface area contributed by atoms with Crippen LogP contribution in [0.1, 0.15) is 18.4 Å². The fourth-order valence-corrected chi connectivity index (χ4v) is 1.92. The van der Waals surface area contributed by atoms with Crippen LogP contribution in [-0.4, -0.2) is 5.78 Å². The van der Waals surface area contributed by atoms with E-state index in [0.717, 1.165) is 0 Å². The van der Waals surface area contributed by atoms with Crippen molar-refractivity contribution in [3.8, 4) is 6.07 Å². The molecule has 2 rings (SSSR count). The van der Waals surface area contributed by atoms with E-state index < -0.39 is 11.3 Å². The molecule has 0 N–H and O–H groups in total. The van der Waals surface area contributed by atoms with Gasteiger partial charge in [0, 0.05) is 18.4 Å². The van der Waals surface area contributed by atoms with E-state index >= 15 is 0 Å². The highest BCUT2D eigenvalue weighted by molar-refractivity contribution is 5.87. The number of hydrogen-bond donors (Lipinski definition) is 0. The average molecular weight is 221 g/mol. The molecule has 1 aliphatic rings. The summed E-state index contributed by atoms with van der Waals surface area (Å²) in [6.07, 6.45) is -0.712. The van der Waals surface area contributed by atoms with Crippen LogP contribution >= 0.6 is 0 Å². The first-order valence-electron chi connectivity index (χ1n) is 4.88. The third kappa shape index (κ3) is 1.32. The van der Waals surface area contributed by atoms with Gasteiger partial charge in [0.25, 0.3) is 5.92 Å². The average Bonchev–Trinajstić information content (AvgIpc) is 2.25. The van der Waals surface area contributed by atoms with Gasteiger partial charge >= 0.3 is 0 Å². The lowest BCUT2D eigenvalue weighted by atomic mass is 9.63. The van der Waals surface area contributed by atoms with E-state index in [1.165, 1.54) is 24.3 Å². The fourth-order valence-electron chi connectivity index (χ4n) is 1.92. The van der Waals surface area contributed by atoms with Crippen LogP contribution in [0.4, 0.5) is 8.78 Å². The van der Waals surface area contributed by atoms with Crippen LogP contribution < -0.4 is 0 Å². The topological polar surface area (TPSA) is 40.9 Å². The molecule has 16 heavy (non-hydrogen) atoms. The maximum absolute atomic E-state index is 14.1. The van der Waals surface area contributed by atoms with E-state index in [-0.39, 0.29) is 24.2 Å². The quantitative estimate of drug-likeness (QED) is 0.770. The molecule has 4 heteroatoms. The number of Topliss-reactive ketones (excluding diaryl/α,β-unsaturated/α-hetero) is 1. The van der Waals surface area contributed by atoms with Gasteiger partial charge in [-0.2, -0.15) is 14.0 Å². The molecule has 1 saturated carbocycles. The number of nitrogens with zero attached hydrogens (tertiary/aromatic N) is 1. The summed E-state index contributed by atoms with van der Waals surface area (Å²) >= 11 is 0. The van der Waals surface area contributed by atoms with Gasteiger partial charge in [-0.1, -0.05) is 30.3 Å². The van der Waals surface area contributed by atoms with Crippen LogP contribution in [-0.2, 0) is 10.7 Å². The number of alkyl halides is 2. The SMILES string of the molecule is N#CC1(C(F)(F)c2ccccc2)CC(=O)C1. The molecule has 0 amide bonds. The molecule has 0 spiro atoms. The minimum absolute atomic E-state index is 0.205. The van der Waals surface area contributed by atoms with E-state index in [4.69, 9.17) is 5.26 Å². The summed E-state index contributed by atoms with van der Waals surface area (Å²) in [5.41, 5.74) is -2.05. The second-order valence-electron chi connectivity index (χ2n) is 4.03. The van der Waals surface area contributed by atoms with E-state index in [1.807, 2.05) is 0 Å². The van der Waals surface area contributed by atoms with Crippen molar-refractivity contribution in [1.29, 1.82) is 5.26 Å². The number of carbonyl (C=O) groups excluding carboxylic acids is 1. The Morgan fingerprint density at radius 2 is 1.81 bits per heavy atom. The van der Waals surface area contributed by atoms with Crippen LogP contribution in [0, 0.1) is 16.7 Å². The fraction of sp³-hybridized carbons (Fsp3) is 0.333. The number of benzene rings is 1. The van der Waals surface area contributed by atoms with E-state index in [0.29, 0.717) is 0 Å². The molecule has 0 saturated heterocycles. The number of rotatable bonds is 2. The number of halogens is 2. The smallest absolute Gasteiger partial charge is 0.292 e. The number of hydrogen-bond acceptors (Lipinski definition) is 2. The molecule has 0 radical (unpaired) electrons. The highest BCUT2D eigenvalue weighted by Crippen LogP contribution is 2.54. The van der Waals surface area contributed by atoms with Gasteiger partial charge in [-0.05, 0) is 0 Å². The number of carbonyl (C=O) groups is 1. The standard InChI is InChI=1S/C12H9F2NO/c13-12(14,9-4-2-1-3-5-9)11(8-15)6-10(16)7-11/h1-5H,6-7H2. The molecule has 1 aromatic carbocycles. The molecular formula is C12H9F2NO. The van der Waals surface area contributed by atoms with Crippen molar-refractivity contribution < 1.29 is 13.6 Å². The van der Waals surface area contributed by atoms with E-state index in [1.54, 1.807) is 12.1 Å². The summed E-state index contributed by atoms with van der Waals surface area (Å²) in [6, 6.07) is 8.79. The normalized spacial score (nSPS) is 18.7. The molecule has 82 valence electrons. The van der Waals surface area contributed by atoms with Crippen LogP contribution in [0.25, 0.3) is 0 Å².